The smallest absolute Gasteiger partial charge is 0.311 e. The molecular weight excluding hydrogens is 738 g/mol. The van der Waals surface area contributed by atoms with Crippen LogP contribution in [0.15, 0.2) is 0 Å². The maximum absolute atomic E-state index is 14.4. The molecule has 3 saturated heterocycles. The van der Waals surface area contributed by atoms with Crippen LogP contribution in [-0.2, 0) is 33.2 Å². The molecule has 3 fully saturated rings. The first kappa shape index (κ1) is 50.3. The number of methoxy groups -OCH3 is 1. The molecule has 15 nitrogen and oxygen atoms in total. The molecule has 18 atom stereocenters. The molecule has 15 heteroatoms. The van der Waals surface area contributed by atoms with Gasteiger partial charge in [0, 0.05) is 50.7 Å². The maximum atomic E-state index is 14.4. The van der Waals surface area contributed by atoms with Crippen molar-refractivity contribution in [3.63, 3.8) is 0 Å². The number of aliphatic hydroxyl groups excluding tert-OH is 2. The molecular formula is C42H81N3O12. The molecule has 0 amide bonds. The lowest BCUT2D eigenvalue weighted by Crippen LogP contribution is -2.70. The normalized spacial score (nSPS) is 47.7. The molecule has 6 N–H and O–H groups in total. The van der Waals surface area contributed by atoms with E-state index in [1.165, 1.54) is 14.0 Å². The first-order valence-electron chi connectivity index (χ1n) is 21.2. The summed E-state index contributed by atoms with van der Waals surface area (Å²) in [5.74, 6) is -2.66. The van der Waals surface area contributed by atoms with Crippen LogP contribution in [0, 0.1) is 17.8 Å². The first-order chi connectivity index (χ1) is 26.2. The predicted molar refractivity (Wildman–Crippen MR) is 216 cm³/mol. The number of ether oxygens (including phenoxy) is 6. The Labute approximate surface area is 343 Å². The summed E-state index contributed by atoms with van der Waals surface area (Å²) in [6.45, 7) is 22.3. The quantitative estimate of drug-likeness (QED) is 0.176. The number of carbonyl (C=O) groups is 1. The summed E-state index contributed by atoms with van der Waals surface area (Å²) in [6, 6.07) is -0.741. The molecule has 0 bridgehead atoms. The highest BCUT2D eigenvalue weighted by molar-refractivity contribution is 5.73. The van der Waals surface area contributed by atoms with Crippen LogP contribution in [-0.4, -0.2) is 178 Å². The third kappa shape index (κ3) is 11.3. The molecule has 0 aromatic rings. The highest BCUT2D eigenvalue weighted by Crippen LogP contribution is 2.43. The van der Waals surface area contributed by atoms with Crippen molar-refractivity contribution in [2.24, 2.45) is 17.8 Å². The van der Waals surface area contributed by atoms with Crippen LogP contribution in [0.25, 0.3) is 0 Å². The standard InChI is InChI=1S/C42H81N3O12/c1-17-31-41(12,50)35(47)28(8)45(15)21-24(4)19-39(10,49)36(57-38-33(46)30(44(13)14)18-25(5)53-38)26(6)34(27(7)37(48)55-31)56-32-20-40(11,52-16)42(51,29(9)54-32)22-43-23(2)3/h23-36,38,43,46-47,49-51H,17-22H2,1-16H3/t24-,25-,26+,27-,28-,29+,30+,31-,32+,33-,34+,35-,36-,38+,39-,40-,41-,42?/m1/s1. The minimum atomic E-state index is -1.81. The highest BCUT2D eigenvalue weighted by atomic mass is 16.7. The van der Waals surface area contributed by atoms with Gasteiger partial charge in [0.1, 0.15) is 35.1 Å². The summed E-state index contributed by atoms with van der Waals surface area (Å²) >= 11 is 0. The van der Waals surface area contributed by atoms with Gasteiger partial charge in [-0.05, 0) is 94.8 Å². The topological polar surface area (TPSA) is 192 Å². The van der Waals surface area contributed by atoms with Gasteiger partial charge in [-0.15, -0.1) is 0 Å². The summed E-state index contributed by atoms with van der Waals surface area (Å²) in [5, 5.41) is 63.0. The molecule has 0 aromatic heterocycles. The van der Waals surface area contributed by atoms with Gasteiger partial charge in [-0.25, -0.2) is 0 Å². The lowest BCUT2D eigenvalue weighted by atomic mass is 9.75. The Morgan fingerprint density at radius 3 is 2.14 bits per heavy atom. The molecule has 3 aliphatic heterocycles. The number of hydrogen-bond acceptors (Lipinski definition) is 15. The van der Waals surface area contributed by atoms with Gasteiger partial charge < -0.3 is 69.1 Å². The van der Waals surface area contributed by atoms with Crippen molar-refractivity contribution in [2.75, 3.05) is 41.3 Å². The minimum Gasteiger partial charge on any atom is -0.459 e. The second-order valence-electron chi connectivity index (χ2n) is 19.0. The minimum absolute atomic E-state index is 0.0866. The van der Waals surface area contributed by atoms with E-state index in [1.807, 2.05) is 65.6 Å². The van der Waals surface area contributed by atoms with Gasteiger partial charge in [-0.2, -0.15) is 0 Å². The zero-order chi connectivity index (χ0) is 43.6. The van der Waals surface area contributed by atoms with E-state index in [0.29, 0.717) is 13.0 Å². The molecule has 1 unspecified atom stereocenters. The molecule has 0 aliphatic carbocycles. The molecule has 3 heterocycles. The Kier molecular flexibility index (Phi) is 17.4. The van der Waals surface area contributed by atoms with Crippen LogP contribution in [0.2, 0.25) is 0 Å². The number of likely N-dealkylation sites (N-methyl/N-ethyl adjacent to an activating group) is 2. The van der Waals surface area contributed by atoms with Gasteiger partial charge in [-0.3, -0.25) is 4.79 Å². The molecule has 3 aliphatic rings. The number of cyclic esters (lactones) is 1. The van der Waals surface area contributed by atoms with Crippen molar-refractivity contribution in [3.8, 4) is 0 Å². The van der Waals surface area contributed by atoms with Crippen LogP contribution < -0.4 is 5.32 Å². The summed E-state index contributed by atoms with van der Waals surface area (Å²) < 4.78 is 38.4. The Morgan fingerprint density at radius 2 is 1.60 bits per heavy atom. The van der Waals surface area contributed by atoms with E-state index in [2.05, 4.69) is 5.32 Å². The molecule has 336 valence electrons. The summed E-state index contributed by atoms with van der Waals surface area (Å²) in [6.07, 6.45) is -7.60. The largest absolute Gasteiger partial charge is 0.459 e. The summed E-state index contributed by atoms with van der Waals surface area (Å²) in [4.78, 5) is 18.2. The third-order valence-electron chi connectivity index (χ3n) is 13.5. The Hall–Kier alpha value is -1.05. The zero-order valence-electron chi connectivity index (χ0n) is 37.9. The van der Waals surface area contributed by atoms with E-state index in [-0.39, 0.29) is 49.9 Å². The van der Waals surface area contributed by atoms with E-state index in [0.717, 1.165) is 0 Å². The van der Waals surface area contributed by atoms with Crippen LogP contribution in [0.1, 0.15) is 109 Å². The predicted octanol–water partition coefficient (Wildman–Crippen LogP) is 2.27. The van der Waals surface area contributed by atoms with Gasteiger partial charge in [-0.1, -0.05) is 34.6 Å². The van der Waals surface area contributed by atoms with Crippen LogP contribution >= 0.6 is 0 Å². The van der Waals surface area contributed by atoms with Crippen molar-refractivity contribution < 1.29 is 58.7 Å². The lowest BCUT2D eigenvalue weighted by Gasteiger charge is -2.54. The molecule has 0 aromatic carbocycles. The van der Waals surface area contributed by atoms with Crippen LogP contribution in [0.4, 0.5) is 0 Å². The van der Waals surface area contributed by atoms with Crippen molar-refractivity contribution in [1.82, 2.24) is 15.1 Å². The van der Waals surface area contributed by atoms with Gasteiger partial charge in [0.05, 0.1) is 35.9 Å². The fourth-order valence-corrected chi connectivity index (χ4v) is 9.49. The fraction of sp³-hybridized carbons (Fsp3) is 0.976. The Bertz CT molecular complexity index is 1270. The van der Waals surface area contributed by atoms with Crippen molar-refractivity contribution in [1.29, 1.82) is 0 Å². The van der Waals surface area contributed by atoms with E-state index in [1.54, 1.807) is 41.5 Å². The van der Waals surface area contributed by atoms with Crippen molar-refractivity contribution in [3.05, 3.63) is 0 Å². The van der Waals surface area contributed by atoms with Crippen LogP contribution in [0.3, 0.4) is 0 Å². The molecule has 0 spiro atoms. The third-order valence-corrected chi connectivity index (χ3v) is 13.5. The van der Waals surface area contributed by atoms with Gasteiger partial charge in [0.25, 0.3) is 0 Å². The lowest BCUT2D eigenvalue weighted by molar-refractivity contribution is -0.336. The molecule has 57 heavy (non-hydrogen) atoms. The Morgan fingerprint density at radius 1 is 0.982 bits per heavy atom. The fourth-order valence-electron chi connectivity index (χ4n) is 9.49. The molecule has 3 rings (SSSR count). The number of aliphatic hydroxyl groups is 5. The average Bonchev–Trinajstić information content (AvgIpc) is 3.11. The second kappa shape index (κ2) is 19.8. The Balaban J connectivity index is 2.19. The number of rotatable bonds is 10. The number of nitrogens with zero attached hydrogens (tertiary/aromatic N) is 2. The van der Waals surface area contributed by atoms with E-state index in [9.17, 15) is 30.3 Å². The maximum Gasteiger partial charge on any atom is 0.311 e. The monoisotopic (exact) mass is 820 g/mol. The van der Waals surface area contributed by atoms with Gasteiger partial charge in [0.15, 0.2) is 12.6 Å². The van der Waals surface area contributed by atoms with Gasteiger partial charge >= 0.3 is 5.97 Å². The summed E-state index contributed by atoms with van der Waals surface area (Å²) in [7, 11) is 7.15. The number of esters is 1. The second-order valence-corrected chi connectivity index (χ2v) is 19.0. The number of carbonyl (C=O) groups excluding carboxylic acids is 1. The van der Waals surface area contributed by atoms with E-state index >= 15 is 0 Å². The van der Waals surface area contributed by atoms with Crippen LogP contribution in [0.5, 0.6) is 0 Å². The van der Waals surface area contributed by atoms with Crippen molar-refractivity contribution in [2.45, 2.75) is 205 Å². The first-order valence-corrected chi connectivity index (χ1v) is 21.2. The zero-order valence-corrected chi connectivity index (χ0v) is 37.9. The molecule has 0 radical (unpaired) electrons. The van der Waals surface area contributed by atoms with E-state index in [4.69, 9.17) is 28.4 Å². The van der Waals surface area contributed by atoms with Gasteiger partial charge in [0.2, 0.25) is 0 Å². The highest BCUT2D eigenvalue weighted by Gasteiger charge is 2.58. The van der Waals surface area contributed by atoms with E-state index < -0.39 is 95.5 Å². The average molecular weight is 820 g/mol. The number of hydrogen-bond donors (Lipinski definition) is 6. The SMILES string of the molecule is CC[C@H]1OC(=O)[C@H](C)[C@@H](O[C@H]2C[C@@](C)(OC)C(O)(CNC(C)C)[C@H](C)O2)[C@H](C)[C@@H](O[C@@H]2O[C@H](C)C[C@H](N(C)C)[C@H]2O)[C@](C)(O)C[C@@H](C)CN(C)[C@H](C)[C@@H](O)[C@]1(C)O. The molecule has 0 saturated carbocycles. The number of nitrogens with one attached hydrogen (secondary N) is 1. The summed E-state index contributed by atoms with van der Waals surface area (Å²) in [5.41, 5.74) is -5.99. The van der Waals surface area contributed by atoms with Crippen molar-refractivity contribution >= 4 is 5.97 Å².